The number of carbonyl (C=O) groups excluding carboxylic acids is 1. The lowest BCUT2D eigenvalue weighted by atomic mass is 10.1. The van der Waals surface area contributed by atoms with Gasteiger partial charge in [0.25, 0.3) is 0 Å². The fourth-order valence-corrected chi connectivity index (χ4v) is 4.42. The lowest BCUT2D eigenvalue weighted by Gasteiger charge is -2.37. The Kier molecular flexibility index (Phi) is 6.49. The summed E-state index contributed by atoms with van der Waals surface area (Å²) in [6.45, 7) is 7.71. The van der Waals surface area contributed by atoms with Gasteiger partial charge in [-0.25, -0.2) is 0 Å². The Hall–Kier alpha value is -1.65. The van der Waals surface area contributed by atoms with Crippen LogP contribution < -0.4 is 4.90 Å². The number of nitrogens with zero attached hydrogens (tertiary/aromatic N) is 2. The predicted molar refractivity (Wildman–Crippen MR) is 112 cm³/mol. The molecule has 1 amide bonds. The predicted octanol–water partition coefficient (Wildman–Crippen LogP) is 4.79. The van der Waals surface area contributed by atoms with Gasteiger partial charge in [-0.3, -0.25) is 4.79 Å². The largest absolute Gasteiger partial charge is 0.368 e. The average molecular weight is 389 g/mol. The first-order valence-corrected chi connectivity index (χ1v) is 10.4. The highest BCUT2D eigenvalue weighted by atomic mass is 35.5. The van der Waals surface area contributed by atoms with Gasteiger partial charge in [0.2, 0.25) is 5.91 Å². The van der Waals surface area contributed by atoms with Gasteiger partial charge in [0, 0.05) is 48.9 Å². The molecule has 1 heterocycles. The lowest BCUT2D eigenvalue weighted by Crippen LogP contribution is -2.49. The van der Waals surface area contributed by atoms with Crippen LogP contribution in [0.25, 0.3) is 0 Å². The lowest BCUT2D eigenvalue weighted by molar-refractivity contribution is -0.131. The number of carbonyl (C=O) groups is 1. The van der Waals surface area contributed by atoms with E-state index >= 15 is 0 Å². The molecule has 0 N–H and O–H groups in total. The molecule has 1 aliphatic rings. The van der Waals surface area contributed by atoms with E-state index in [0.29, 0.717) is 6.42 Å². The zero-order valence-electron chi connectivity index (χ0n) is 15.4. The van der Waals surface area contributed by atoms with Crippen LogP contribution in [0.4, 0.5) is 5.69 Å². The molecule has 1 aliphatic heterocycles. The van der Waals surface area contributed by atoms with Crippen LogP contribution in [0.3, 0.4) is 0 Å². The summed E-state index contributed by atoms with van der Waals surface area (Å²) in [5.74, 6) is 1.00. The SMILES string of the molecule is Cc1cccc(N2CCN(C(=O)CCSc3ccccc3Cl)CC2)c1C. The van der Waals surface area contributed by atoms with Crippen molar-refractivity contribution in [1.29, 1.82) is 0 Å². The van der Waals surface area contributed by atoms with E-state index in [0.717, 1.165) is 41.8 Å². The third-order valence-corrected chi connectivity index (χ3v) is 6.48. The summed E-state index contributed by atoms with van der Waals surface area (Å²) in [5, 5.41) is 0.757. The summed E-state index contributed by atoms with van der Waals surface area (Å²) in [5.41, 5.74) is 3.95. The first kappa shape index (κ1) is 19.1. The van der Waals surface area contributed by atoms with Gasteiger partial charge < -0.3 is 9.80 Å². The second-order valence-corrected chi connectivity index (χ2v) is 8.16. The van der Waals surface area contributed by atoms with Crippen LogP contribution >= 0.6 is 23.4 Å². The maximum absolute atomic E-state index is 12.5. The quantitative estimate of drug-likeness (QED) is 0.688. The van der Waals surface area contributed by atoms with Gasteiger partial charge in [-0.05, 0) is 43.2 Å². The molecule has 3 nitrogen and oxygen atoms in total. The van der Waals surface area contributed by atoms with Gasteiger partial charge in [-0.2, -0.15) is 0 Å². The van der Waals surface area contributed by atoms with Gasteiger partial charge in [0.1, 0.15) is 0 Å². The van der Waals surface area contributed by atoms with Crippen LogP contribution in [-0.2, 0) is 4.79 Å². The Morgan fingerprint density at radius 2 is 1.77 bits per heavy atom. The Balaban J connectivity index is 1.48. The first-order chi connectivity index (χ1) is 12.6. The van der Waals surface area contributed by atoms with E-state index in [2.05, 4.69) is 36.9 Å². The van der Waals surface area contributed by atoms with E-state index < -0.39 is 0 Å². The van der Waals surface area contributed by atoms with Crippen molar-refractivity contribution in [2.24, 2.45) is 0 Å². The minimum atomic E-state index is 0.241. The summed E-state index contributed by atoms with van der Waals surface area (Å²) in [4.78, 5) is 17.9. The molecule has 0 atom stereocenters. The van der Waals surface area contributed by atoms with Crippen molar-refractivity contribution >= 4 is 35.0 Å². The van der Waals surface area contributed by atoms with Crippen molar-refractivity contribution in [2.75, 3.05) is 36.8 Å². The van der Waals surface area contributed by atoms with Crippen molar-refractivity contribution in [3.8, 4) is 0 Å². The van der Waals surface area contributed by atoms with Crippen molar-refractivity contribution in [2.45, 2.75) is 25.2 Å². The van der Waals surface area contributed by atoms with E-state index in [1.165, 1.54) is 16.8 Å². The smallest absolute Gasteiger partial charge is 0.223 e. The van der Waals surface area contributed by atoms with Crippen LogP contribution in [0.15, 0.2) is 47.4 Å². The maximum atomic E-state index is 12.5. The molecule has 1 saturated heterocycles. The molecule has 0 unspecified atom stereocenters. The topological polar surface area (TPSA) is 23.6 Å². The van der Waals surface area contributed by atoms with Gasteiger partial charge in [0.15, 0.2) is 0 Å². The summed E-state index contributed by atoms with van der Waals surface area (Å²) in [6, 6.07) is 14.2. The van der Waals surface area contributed by atoms with Crippen LogP contribution in [0, 0.1) is 13.8 Å². The zero-order chi connectivity index (χ0) is 18.5. The molecule has 0 saturated carbocycles. The summed E-state index contributed by atoms with van der Waals surface area (Å²) >= 11 is 7.82. The van der Waals surface area contributed by atoms with E-state index in [1.807, 2.05) is 29.2 Å². The second-order valence-electron chi connectivity index (χ2n) is 6.62. The molecular formula is C21H25ClN2OS. The zero-order valence-corrected chi connectivity index (χ0v) is 16.9. The van der Waals surface area contributed by atoms with Crippen LogP contribution in [0.5, 0.6) is 0 Å². The van der Waals surface area contributed by atoms with Crippen LogP contribution in [-0.4, -0.2) is 42.7 Å². The number of hydrogen-bond acceptors (Lipinski definition) is 3. The highest BCUT2D eigenvalue weighted by molar-refractivity contribution is 7.99. The standard InChI is InChI=1S/C21H25ClN2OS/c1-16-6-5-8-19(17(16)2)23-11-13-24(14-12-23)21(25)10-15-26-20-9-4-3-7-18(20)22/h3-9H,10-15H2,1-2H3. The highest BCUT2D eigenvalue weighted by Gasteiger charge is 2.22. The maximum Gasteiger partial charge on any atom is 0.223 e. The van der Waals surface area contributed by atoms with Gasteiger partial charge >= 0.3 is 0 Å². The molecular weight excluding hydrogens is 364 g/mol. The molecule has 2 aromatic carbocycles. The Labute approximate surface area is 165 Å². The minimum Gasteiger partial charge on any atom is -0.368 e. The van der Waals surface area contributed by atoms with Gasteiger partial charge in [-0.1, -0.05) is 35.9 Å². The number of thioether (sulfide) groups is 1. The number of hydrogen-bond donors (Lipinski definition) is 0. The Morgan fingerprint density at radius 3 is 2.50 bits per heavy atom. The molecule has 1 fully saturated rings. The molecule has 138 valence electrons. The fourth-order valence-electron chi connectivity index (χ4n) is 3.24. The number of aryl methyl sites for hydroxylation is 1. The van der Waals surface area contributed by atoms with Crippen LogP contribution in [0.2, 0.25) is 5.02 Å². The second kappa shape index (κ2) is 8.83. The van der Waals surface area contributed by atoms with Crippen molar-refractivity contribution < 1.29 is 4.79 Å². The molecule has 2 aromatic rings. The number of halogens is 1. The molecule has 0 spiro atoms. The number of rotatable bonds is 5. The highest BCUT2D eigenvalue weighted by Crippen LogP contribution is 2.27. The first-order valence-electron chi connectivity index (χ1n) is 9.02. The molecule has 0 bridgehead atoms. The third-order valence-electron chi connectivity index (χ3n) is 4.96. The third kappa shape index (κ3) is 4.54. The van der Waals surface area contributed by atoms with Gasteiger partial charge in [0.05, 0.1) is 5.02 Å². The number of anilines is 1. The fraction of sp³-hybridized carbons (Fsp3) is 0.381. The average Bonchev–Trinajstić information content (AvgIpc) is 2.65. The van der Waals surface area contributed by atoms with Crippen molar-refractivity contribution in [3.05, 3.63) is 58.6 Å². The van der Waals surface area contributed by atoms with Crippen molar-refractivity contribution in [3.63, 3.8) is 0 Å². The van der Waals surface area contributed by atoms with E-state index in [-0.39, 0.29) is 5.91 Å². The molecule has 0 aromatic heterocycles. The normalized spacial score (nSPS) is 14.6. The van der Waals surface area contributed by atoms with E-state index in [4.69, 9.17) is 11.6 Å². The number of benzene rings is 2. The van der Waals surface area contributed by atoms with Crippen LogP contribution in [0.1, 0.15) is 17.5 Å². The monoisotopic (exact) mass is 388 g/mol. The molecule has 0 aliphatic carbocycles. The molecule has 26 heavy (non-hydrogen) atoms. The minimum absolute atomic E-state index is 0.241. The van der Waals surface area contributed by atoms with Crippen molar-refractivity contribution in [1.82, 2.24) is 4.90 Å². The van der Waals surface area contributed by atoms with E-state index in [1.54, 1.807) is 11.8 Å². The summed E-state index contributed by atoms with van der Waals surface area (Å²) in [6.07, 6.45) is 0.555. The molecule has 0 radical (unpaired) electrons. The van der Waals surface area contributed by atoms with Gasteiger partial charge in [-0.15, -0.1) is 11.8 Å². The van der Waals surface area contributed by atoms with E-state index in [9.17, 15) is 4.79 Å². The number of amides is 1. The molecule has 3 rings (SSSR count). The summed E-state index contributed by atoms with van der Waals surface area (Å²) in [7, 11) is 0. The Bertz CT molecular complexity index is 772. The summed E-state index contributed by atoms with van der Waals surface area (Å²) < 4.78 is 0. The number of piperazine rings is 1. The molecule has 5 heteroatoms. The Morgan fingerprint density at radius 1 is 1.04 bits per heavy atom.